The van der Waals surface area contributed by atoms with Gasteiger partial charge in [-0.05, 0) is 31.0 Å². The van der Waals surface area contributed by atoms with Crippen LogP contribution >= 0.6 is 0 Å². The Bertz CT molecular complexity index is 483. The molecule has 0 aliphatic heterocycles. The Kier molecular flexibility index (Phi) is 1.95. The largest absolute Gasteiger partial charge is 0.359 e. The average molecular weight is 189 g/mol. The molecule has 3 heteroatoms. The lowest BCUT2D eigenvalue weighted by Gasteiger charge is -2.04. The zero-order valence-corrected chi connectivity index (χ0v) is 9.05. The number of anilines is 1. The summed E-state index contributed by atoms with van der Waals surface area (Å²) in [6.07, 6.45) is 0. The van der Waals surface area contributed by atoms with E-state index in [4.69, 9.17) is 0 Å². The van der Waals surface area contributed by atoms with Gasteiger partial charge in [0, 0.05) is 14.1 Å². The molecule has 1 aromatic heterocycles. The van der Waals surface area contributed by atoms with Gasteiger partial charge in [0.1, 0.15) is 0 Å². The van der Waals surface area contributed by atoms with Crippen LogP contribution in [0.1, 0.15) is 11.1 Å². The predicted molar refractivity (Wildman–Crippen MR) is 59.7 cm³/mol. The van der Waals surface area contributed by atoms with Gasteiger partial charge in [0.15, 0.2) is 0 Å². The molecule has 0 atom stereocenters. The second kappa shape index (κ2) is 3.01. The van der Waals surface area contributed by atoms with Crippen LogP contribution < -0.4 is 5.32 Å². The number of hydrogen-bond acceptors (Lipinski definition) is 2. The van der Waals surface area contributed by atoms with Crippen molar-refractivity contribution in [3.05, 3.63) is 23.3 Å². The first-order valence-corrected chi connectivity index (χ1v) is 4.75. The van der Waals surface area contributed by atoms with Crippen LogP contribution in [0, 0.1) is 13.8 Å². The maximum atomic E-state index is 4.48. The van der Waals surface area contributed by atoms with Crippen LogP contribution in [-0.2, 0) is 7.05 Å². The van der Waals surface area contributed by atoms with Gasteiger partial charge in [-0.15, -0.1) is 0 Å². The van der Waals surface area contributed by atoms with E-state index < -0.39 is 0 Å². The molecule has 3 nitrogen and oxygen atoms in total. The molecule has 0 saturated carbocycles. The molecular weight excluding hydrogens is 174 g/mol. The van der Waals surface area contributed by atoms with Crippen LogP contribution in [-0.4, -0.2) is 16.6 Å². The van der Waals surface area contributed by atoms with Crippen LogP contribution in [0.4, 0.5) is 5.95 Å². The summed E-state index contributed by atoms with van der Waals surface area (Å²) in [5.41, 5.74) is 4.89. The topological polar surface area (TPSA) is 29.9 Å². The van der Waals surface area contributed by atoms with Gasteiger partial charge in [-0.3, -0.25) is 0 Å². The monoisotopic (exact) mass is 189 g/mol. The van der Waals surface area contributed by atoms with E-state index in [1.54, 1.807) is 0 Å². The van der Waals surface area contributed by atoms with Crippen molar-refractivity contribution in [3.63, 3.8) is 0 Å². The molecule has 0 amide bonds. The minimum absolute atomic E-state index is 0.911. The number of hydrogen-bond donors (Lipinski definition) is 1. The molecule has 0 saturated heterocycles. The lowest BCUT2D eigenvalue weighted by molar-refractivity contribution is 0.948. The number of aryl methyl sites for hydroxylation is 3. The molecule has 0 spiro atoms. The first-order valence-electron chi connectivity index (χ1n) is 4.75. The van der Waals surface area contributed by atoms with Crippen LogP contribution in [0.5, 0.6) is 0 Å². The summed E-state index contributed by atoms with van der Waals surface area (Å²) in [4.78, 5) is 4.48. The fourth-order valence-corrected chi connectivity index (χ4v) is 1.82. The summed E-state index contributed by atoms with van der Waals surface area (Å²) in [6.45, 7) is 4.26. The normalized spacial score (nSPS) is 10.9. The van der Waals surface area contributed by atoms with Gasteiger partial charge >= 0.3 is 0 Å². The Morgan fingerprint density at radius 1 is 1.29 bits per heavy atom. The van der Waals surface area contributed by atoms with Gasteiger partial charge in [-0.2, -0.15) is 0 Å². The van der Waals surface area contributed by atoms with E-state index in [0.717, 1.165) is 11.5 Å². The highest BCUT2D eigenvalue weighted by molar-refractivity contribution is 5.82. The molecule has 1 aromatic carbocycles. The molecule has 0 aliphatic carbocycles. The van der Waals surface area contributed by atoms with E-state index >= 15 is 0 Å². The van der Waals surface area contributed by atoms with Crippen molar-refractivity contribution in [3.8, 4) is 0 Å². The first-order chi connectivity index (χ1) is 6.65. The molecule has 2 rings (SSSR count). The average Bonchev–Trinajstić information content (AvgIpc) is 2.50. The molecule has 1 heterocycles. The number of rotatable bonds is 1. The van der Waals surface area contributed by atoms with Gasteiger partial charge in [-0.1, -0.05) is 6.07 Å². The third kappa shape index (κ3) is 1.09. The molecule has 0 radical (unpaired) electrons. The minimum atomic E-state index is 0.911. The summed E-state index contributed by atoms with van der Waals surface area (Å²) in [5.74, 6) is 0.911. The molecule has 2 aromatic rings. The molecule has 74 valence electrons. The summed E-state index contributed by atoms with van der Waals surface area (Å²) < 4.78 is 2.09. The maximum Gasteiger partial charge on any atom is 0.203 e. The van der Waals surface area contributed by atoms with Gasteiger partial charge in [-0.25, -0.2) is 4.98 Å². The Labute approximate surface area is 83.8 Å². The SMILES string of the molecule is CNc1nc2ccc(C)c(C)c2n1C. The Balaban J connectivity index is 2.87. The Hall–Kier alpha value is -1.51. The molecular formula is C11H15N3. The number of nitrogens with one attached hydrogen (secondary N) is 1. The summed E-state index contributed by atoms with van der Waals surface area (Å²) in [5, 5.41) is 3.08. The number of fused-ring (bicyclic) bond motifs is 1. The van der Waals surface area contributed by atoms with Crippen molar-refractivity contribution in [2.45, 2.75) is 13.8 Å². The molecule has 0 fully saturated rings. The second-order valence-electron chi connectivity index (χ2n) is 3.62. The van der Waals surface area contributed by atoms with E-state index in [9.17, 15) is 0 Å². The van der Waals surface area contributed by atoms with Crippen molar-refractivity contribution in [1.82, 2.24) is 9.55 Å². The van der Waals surface area contributed by atoms with Crippen molar-refractivity contribution in [2.75, 3.05) is 12.4 Å². The number of imidazole rings is 1. The van der Waals surface area contributed by atoms with Crippen molar-refractivity contribution in [2.24, 2.45) is 7.05 Å². The fraction of sp³-hybridized carbons (Fsp3) is 0.364. The summed E-state index contributed by atoms with van der Waals surface area (Å²) in [7, 11) is 3.93. The first kappa shape index (κ1) is 9.06. The van der Waals surface area contributed by atoms with Crippen LogP contribution in [0.25, 0.3) is 11.0 Å². The van der Waals surface area contributed by atoms with Crippen LogP contribution in [0.15, 0.2) is 12.1 Å². The van der Waals surface area contributed by atoms with E-state index in [0.29, 0.717) is 0 Å². The number of aromatic nitrogens is 2. The van der Waals surface area contributed by atoms with Gasteiger partial charge < -0.3 is 9.88 Å². The predicted octanol–water partition coefficient (Wildman–Crippen LogP) is 2.23. The van der Waals surface area contributed by atoms with E-state index in [-0.39, 0.29) is 0 Å². The third-order valence-electron chi connectivity index (χ3n) is 2.78. The Morgan fingerprint density at radius 3 is 2.64 bits per heavy atom. The highest BCUT2D eigenvalue weighted by Crippen LogP contribution is 2.23. The lowest BCUT2D eigenvalue weighted by Crippen LogP contribution is -1.98. The highest BCUT2D eigenvalue weighted by atomic mass is 15.2. The van der Waals surface area contributed by atoms with E-state index in [1.165, 1.54) is 16.6 Å². The molecule has 0 unspecified atom stereocenters. The lowest BCUT2D eigenvalue weighted by atomic mass is 10.1. The van der Waals surface area contributed by atoms with Gasteiger partial charge in [0.25, 0.3) is 0 Å². The van der Waals surface area contributed by atoms with Crippen molar-refractivity contribution < 1.29 is 0 Å². The quantitative estimate of drug-likeness (QED) is 0.745. The number of nitrogens with zero attached hydrogens (tertiary/aromatic N) is 2. The summed E-state index contributed by atoms with van der Waals surface area (Å²) in [6, 6.07) is 4.18. The smallest absolute Gasteiger partial charge is 0.203 e. The summed E-state index contributed by atoms with van der Waals surface area (Å²) >= 11 is 0. The molecule has 0 bridgehead atoms. The Morgan fingerprint density at radius 2 is 2.00 bits per heavy atom. The zero-order chi connectivity index (χ0) is 10.3. The zero-order valence-electron chi connectivity index (χ0n) is 9.05. The van der Waals surface area contributed by atoms with E-state index in [1.807, 2.05) is 14.1 Å². The minimum Gasteiger partial charge on any atom is -0.359 e. The van der Waals surface area contributed by atoms with Gasteiger partial charge in [0.2, 0.25) is 5.95 Å². The molecule has 0 aliphatic rings. The fourth-order valence-electron chi connectivity index (χ4n) is 1.82. The molecule has 14 heavy (non-hydrogen) atoms. The maximum absolute atomic E-state index is 4.48. The highest BCUT2D eigenvalue weighted by Gasteiger charge is 2.09. The second-order valence-corrected chi connectivity index (χ2v) is 3.62. The third-order valence-corrected chi connectivity index (χ3v) is 2.78. The van der Waals surface area contributed by atoms with E-state index in [2.05, 4.69) is 40.8 Å². The van der Waals surface area contributed by atoms with Crippen molar-refractivity contribution >= 4 is 17.0 Å². The molecule has 1 N–H and O–H groups in total. The van der Waals surface area contributed by atoms with Gasteiger partial charge in [0.05, 0.1) is 11.0 Å². The van der Waals surface area contributed by atoms with Crippen molar-refractivity contribution in [1.29, 1.82) is 0 Å². The standard InChI is InChI=1S/C11H15N3/c1-7-5-6-9-10(8(7)2)14(4)11(12-3)13-9/h5-6H,1-4H3,(H,12,13). The van der Waals surface area contributed by atoms with Crippen LogP contribution in [0.3, 0.4) is 0 Å². The number of benzene rings is 1. The van der Waals surface area contributed by atoms with Crippen LogP contribution in [0.2, 0.25) is 0 Å².